The lowest BCUT2D eigenvalue weighted by Crippen LogP contribution is -2.41. The second-order valence-corrected chi connectivity index (χ2v) is 8.67. The van der Waals surface area contributed by atoms with E-state index in [0.717, 1.165) is 36.4 Å². The Morgan fingerprint density at radius 3 is 2.56 bits per heavy atom. The molecule has 4 rings (SSSR count). The van der Waals surface area contributed by atoms with Crippen LogP contribution >= 0.6 is 24.0 Å². The molecule has 3 heterocycles. The number of hydrogen-bond donors (Lipinski definition) is 1. The van der Waals surface area contributed by atoms with Crippen LogP contribution in [0.2, 0.25) is 0 Å². The fourth-order valence-corrected chi connectivity index (χ4v) is 4.43. The SMILES string of the molecule is COc1ccc(CN=C(NCc2nnc(C)n2C)N2CCC(CN3CCCC3)C2)cc1.I. The summed E-state index contributed by atoms with van der Waals surface area (Å²) < 4.78 is 7.29. The monoisotopic (exact) mass is 553 g/mol. The molecule has 2 aliphatic rings. The lowest BCUT2D eigenvalue weighted by atomic mass is 10.1. The minimum Gasteiger partial charge on any atom is -0.497 e. The van der Waals surface area contributed by atoms with Crippen molar-refractivity contribution in [1.29, 1.82) is 0 Å². The normalized spacial score (nSPS) is 19.3. The highest BCUT2D eigenvalue weighted by Gasteiger charge is 2.27. The second kappa shape index (κ2) is 11.8. The van der Waals surface area contributed by atoms with Crippen molar-refractivity contribution in [2.24, 2.45) is 18.0 Å². The van der Waals surface area contributed by atoms with Gasteiger partial charge in [0.1, 0.15) is 11.6 Å². The molecule has 2 aromatic rings. The van der Waals surface area contributed by atoms with Gasteiger partial charge in [0.2, 0.25) is 0 Å². The first-order valence-electron chi connectivity index (χ1n) is 11.4. The first-order chi connectivity index (χ1) is 15.1. The molecule has 0 amide bonds. The Hall–Kier alpha value is -1.88. The maximum atomic E-state index is 5.27. The van der Waals surface area contributed by atoms with Crippen molar-refractivity contribution in [2.75, 3.05) is 39.8 Å². The van der Waals surface area contributed by atoms with Gasteiger partial charge in [-0.1, -0.05) is 12.1 Å². The number of aliphatic imine (C=N–C) groups is 1. The van der Waals surface area contributed by atoms with Gasteiger partial charge < -0.3 is 24.4 Å². The lowest BCUT2D eigenvalue weighted by molar-refractivity contribution is 0.281. The standard InChI is InChI=1S/C23H35N7O.HI/c1-18-26-27-22(28(18)2)15-25-23(24-14-19-6-8-21(31-3)9-7-19)30-13-10-20(17-30)16-29-11-4-5-12-29;/h6-9,20H,4-5,10-17H2,1-3H3,(H,24,25);1H. The van der Waals surface area contributed by atoms with E-state index in [-0.39, 0.29) is 24.0 Å². The first-order valence-corrected chi connectivity index (χ1v) is 11.4. The van der Waals surface area contributed by atoms with E-state index in [1.165, 1.54) is 44.5 Å². The molecule has 1 N–H and O–H groups in total. The summed E-state index contributed by atoms with van der Waals surface area (Å²) in [5.74, 6) is 4.37. The maximum absolute atomic E-state index is 5.27. The summed E-state index contributed by atoms with van der Waals surface area (Å²) in [6, 6.07) is 8.13. The van der Waals surface area contributed by atoms with Crippen LogP contribution in [0.1, 0.15) is 36.5 Å². The molecule has 0 spiro atoms. The van der Waals surface area contributed by atoms with Crippen molar-refractivity contribution < 1.29 is 4.74 Å². The van der Waals surface area contributed by atoms with E-state index < -0.39 is 0 Å². The topological polar surface area (TPSA) is 70.8 Å². The number of rotatable bonds is 7. The molecule has 0 bridgehead atoms. The highest BCUT2D eigenvalue weighted by atomic mass is 127. The predicted molar refractivity (Wildman–Crippen MR) is 137 cm³/mol. The first kappa shape index (κ1) is 24.8. The largest absolute Gasteiger partial charge is 0.497 e. The van der Waals surface area contributed by atoms with Gasteiger partial charge in [-0.2, -0.15) is 0 Å². The minimum atomic E-state index is 0. The molecule has 1 atom stereocenters. The van der Waals surface area contributed by atoms with Crippen LogP contribution in [0.15, 0.2) is 29.3 Å². The highest BCUT2D eigenvalue weighted by molar-refractivity contribution is 14.0. The van der Waals surface area contributed by atoms with Crippen LogP contribution in [0.3, 0.4) is 0 Å². The summed E-state index contributed by atoms with van der Waals surface area (Å²) in [6.45, 7) is 9.07. The van der Waals surface area contributed by atoms with Crippen molar-refractivity contribution in [1.82, 2.24) is 29.9 Å². The molecule has 2 aliphatic heterocycles. The van der Waals surface area contributed by atoms with Crippen LogP contribution in [-0.2, 0) is 20.1 Å². The molecule has 32 heavy (non-hydrogen) atoms. The molecule has 0 radical (unpaired) electrons. The number of likely N-dealkylation sites (tertiary alicyclic amines) is 2. The van der Waals surface area contributed by atoms with Gasteiger partial charge in [0.25, 0.3) is 0 Å². The molecule has 1 unspecified atom stereocenters. The Morgan fingerprint density at radius 2 is 1.91 bits per heavy atom. The van der Waals surface area contributed by atoms with Gasteiger partial charge in [-0.15, -0.1) is 34.2 Å². The van der Waals surface area contributed by atoms with Gasteiger partial charge in [0, 0.05) is 26.7 Å². The Balaban J connectivity index is 0.00000289. The molecule has 1 aromatic heterocycles. The maximum Gasteiger partial charge on any atom is 0.194 e. The number of guanidine groups is 1. The average molecular weight is 553 g/mol. The number of halogens is 1. The number of hydrogen-bond acceptors (Lipinski definition) is 5. The molecule has 0 aliphatic carbocycles. The number of aryl methyl sites for hydroxylation is 1. The van der Waals surface area contributed by atoms with Crippen LogP contribution < -0.4 is 10.1 Å². The third-order valence-corrected chi connectivity index (χ3v) is 6.46. The fourth-order valence-electron chi connectivity index (χ4n) is 4.43. The minimum absolute atomic E-state index is 0. The zero-order chi connectivity index (χ0) is 21.6. The number of nitrogens with zero attached hydrogens (tertiary/aromatic N) is 6. The summed E-state index contributed by atoms with van der Waals surface area (Å²) >= 11 is 0. The molecule has 1 aromatic carbocycles. The Bertz CT molecular complexity index is 877. The van der Waals surface area contributed by atoms with Crippen molar-refractivity contribution in [3.63, 3.8) is 0 Å². The van der Waals surface area contributed by atoms with Crippen molar-refractivity contribution >= 4 is 29.9 Å². The summed E-state index contributed by atoms with van der Waals surface area (Å²) in [5.41, 5.74) is 1.17. The molecule has 2 fully saturated rings. The van der Waals surface area contributed by atoms with E-state index in [4.69, 9.17) is 9.73 Å². The molecule has 8 nitrogen and oxygen atoms in total. The van der Waals surface area contributed by atoms with Gasteiger partial charge in [0.05, 0.1) is 20.2 Å². The third-order valence-electron chi connectivity index (χ3n) is 6.46. The second-order valence-electron chi connectivity index (χ2n) is 8.67. The van der Waals surface area contributed by atoms with Crippen LogP contribution in [-0.4, -0.2) is 70.4 Å². The zero-order valence-electron chi connectivity index (χ0n) is 19.5. The molecule has 2 saturated heterocycles. The van der Waals surface area contributed by atoms with E-state index in [2.05, 4.69) is 37.4 Å². The van der Waals surface area contributed by atoms with E-state index in [1.54, 1.807) is 7.11 Å². The van der Waals surface area contributed by atoms with Crippen molar-refractivity contribution in [3.8, 4) is 5.75 Å². The molecular formula is C23H36IN7O. The molecular weight excluding hydrogens is 517 g/mol. The van der Waals surface area contributed by atoms with Gasteiger partial charge in [-0.25, -0.2) is 4.99 Å². The van der Waals surface area contributed by atoms with Gasteiger partial charge in [-0.05, 0) is 62.9 Å². The zero-order valence-corrected chi connectivity index (χ0v) is 21.8. The third kappa shape index (κ3) is 6.34. The Kier molecular flexibility index (Phi) is 9.15. The highest BCUT2D eigenvalue weighted by Crippen LogP contribution is 2.20. The summed E-state index contributed by atoms with van der Waals surface area (Å²) in [4.78, 5) is 10.0. The molecule has 9 heteroatoms. The number of aromatic nitrogens is 3. The number of benzene rings is 1. The van der Waals surface area contributed by atoms with Crippen molar-refractivity contribution in [3.05, 3.63) is 41.5 Å². The lowest BCUT2D eigenvalue weighted by Gasteiger charge is -2.23. The van der Waals surface area contributed by atoms with E-state index in [1.807, 2.05) is 30.7 Å². The predicted octanol–water partition coefficient (Wildman–Crippen LogP) is 2.81. The van der Waals surface area contributed by atoms with Gasteiger partial charge in [0.15, 0.2) is 11.8 Å². The van der Waals surface area contributed by atoms with Crippen LogP contribution in [0.25, 0.3) is 0 Å². The van der Waals surface area contributed by atoms with Crippen molar-refractivity contribution in [2.45, 2.75) is 39.3 Å². The van der Waals surface area contributed by atoms with E-state index in [0.29, 0.717) is 19.0 Å². The Labute approximate surface area is 208 Å². The number of nitrogens with one attached hydrogen (secondary N) is 1. The van der Waals surface area contributed by atoms with Crippen LogP contribution in [0.4, 0.5) is 0 Å². The Morgan fingerprint density at radius 1 is 1.16 bits per heavy atom. The van der Waals surface area contributed by atoms with Gasteiger partial charge >= 0.3 is 0 Å². The van der Waals surface area contributed by atoms with Crippen LogP contribution in [0.5, 0.6) is 5.75 Å². The van der Waals surface area contributed by atoms with Crippen LogP contribution in [0, 0.1) is 12.8 Å². The summed E-state index contributed by atoms with van der Waals surface area (Å²) in [5, 5.41) is 12.0. The fraction of sp³-hybridized carbons (Fsp3) is 0.609. The summed E-state index contributed by atoms with van der Waals surface area (Å²) in [7, 11) is 3.69. The van der Waals surface area contributed by atoms with E-state index in [9.17, 15) is 0 Å². The summed E-state index contributed by atoms with van der Waals surface area (Å²) in [6.07, 6.45) is 3.93. The molecule has 0 saturated carbocycles. The number of methoxy groups -OCH3 is 1. The van der Waals surface area contributed by atoms with E-state index >= 15 is 0 Å². The average Bonchev–Trinajstić information content (AvgIpc) is 3.54. The molecule has 176 valence electrons. The smallest absolute Gasteiger partial charge is 0.194 e. The van der Waals surface area contributed by atoms with Gasteiger partial charge in [-0.3, -0.25) is 0 Å². The quantitative estimate of drug-likeness (QED) is 0.323. The number of ether oxygens (including phenoxy) is 1.